The van der Waals surface area contributed by atoms with Gasteiger partial charge in [-0.25, -0.2) is 4.98 Å². The molecule has 1 fully saturated rings. The minimum absolute atomic E-state index is 0.0104. The van der Waals surface area contributed by atoms with Crippen molar-refractivity contribution in [2.45, 2.75) is 24.9 Å². The average Bonchev–Trinajstić information content (AvgIpc) is 2.94. The number of nitrogen functional groups attached to an aromatic ring is 1. The van der Waals surface area contributed by atoms with E-state index in [1.807, 2.05) is 0 Å². The van der Waals surface area contributed by atoms with Crippen molar-refractivity contribution in [2.75, 3.05) is 19.5 Å². The number of H-pyrrole nitrogens is 1. The first-order valence-corrected chi connectivity index (χ1v) is 6.15. The van der Waals surface area contributed by atoms with Gasteiger partial charge in [0, 0.05) is 13.5 Å². The van der Waals surface area contributed by atoms with Crippen LogP contribution >= 0.6 is 0 Å². The number of ether oxygens (including phenoxy) is 2. The summed E-state index contributed by atoms with van der Waals surface area (Å²) < 4.78 is 12.3. The summed E-state index contributed by atoms with van der Waals surface area (Å²) >= 11 is 0. The summed E-state index contributed by atoms with van der Waals surface area (Å²) in [6.07, 6.45) is 0.314. The van der Waals surface area contributed by atoms with Gasteiger partial charge < -0.3 is 20.3 Å². The molecule has 0 amide bonds. The lowest BCUT2D eigenvalue weighted by molar-refractivity contribution is -0.0523. The molecule has 3 heterocycles. The zero-order valence-corrected chi connectivity index (χ0v) is 10.8. The second-order valence-electron chi connectivity index (χ2n) is 4.66. The van der Waals surface area contributed by atoms with Gasteiger partial charge in [0.25, 0.3) is 5.56 Å². The molecule has 2 aromatic rings. The summed E-state index contributed by atoms with van der Waals surface area (Å²) in [5.74, 6) is 0.0104. The summed E-state index contributed by atoms with van der Waals surface area (Å²) in [5, 5.41) is 9.92. The van der Waals surface area contributed by atoms with Crippen molar-refractivity contribution in [1.29, 1.82) is 0 Å². The van der Waals surface area contributed by atoms with Crippen LogP contribution in [-0.4, -0.2) is 50.6 Å². The van der Waals surface area contributed by atoms with Gasteiger partial charge in [0.1, 0.15) is 12.3 Å². The van der Waals surface area contributed by atoms with E-state index >= 15 is 0 Å². The molecule has 108 valence electrons. The zero-order valence-electron chi connectivity index (χ0n) is 10.8. The van der Waals surface area contributed by atoms with Crippen LogP contribution in [0, 0.1) is 0 Å². The number of nitrogens with zero attached hydrogens (tertiary/aromatic N) is 3. The smallest absolute Gasteiger partial charge is 0.280 e. The first-order valence-electron chi connectivity index (χ1n) is 6.15. The number of aliphatic hydroxyl groups excluding tert-OH is 1. The molecule has 2 aromatic heterocycles. The van der Waals surface area contributed by atoms with Gasteiger partial charge >= 0.3 is 0 Å². The lowest BCUT2D eigenvalue weighted by Crippen LogP contribution is -2.25. The number of fused-ring (bicyclic) bond motifs is 1. The van der Waals surface area contributed by atoms with E-state index in [0.29, 0.717) is 18.7 Å². The van der Waals surface area contributed by atoms with Gasteiger partial charge in [0.15, 0.2) is 11.2 Å². The van der Waals surface area contributed by atoms with Crippen molar-refractivity contribution < 1.29 is 14.6 Å². The number of hydrogen-bond donors (Lipinski definition) is 3. The predicted octanol–water partition coefficient (Wildman–Crippen LogP) is -1.00. The average molecular weight is 281 g/mol. The lowest BCUT2D eigenvalue weighted by Gasteiger charge is -2.14. The van der Waals surface area contributed by atoms with E-state index in [-0.39, 0.29) is 11.5 Å². The van der Waals surface area contributed by atoms with Gasteiger partial charge in [0.2, 0.25) is 5.95 Å². The second-order valence-corrected chi connectivity index (χ2v) is 4.66. The third kappa shape index (κ3) is 2.05. The molecule has 20 heavy (non-hydrogen) atoms. The molecule has 0 aliphatic carbocycles. The van der Waals surface area contributed by atoms with Crippen LogP contribution in [0.1, 0.15) is 12.6 Å². The number of aromatic amines is 1. The molecule has 0 aromatic carbocycles. The summed E-state index contributed by atoms with van der Waals surface area (Å²) in [7, 11) is 1.54. The highest BCUT2D eigenvalue weighted by molar-refractivity contribution is 5.70. The number of methoxy groups -OCH3 is 1. The Hall–Kier alpha value is -1.97. The molecule has 0 radical (unpaired) electrons. The quantitative estimate of drug-likeness (QED) is 0.658. The van der Waals surface area contributed by atoms with Gasteiger partial charge in [-0.3, -0.25) is 14.3 Å². The molecule has 1 saturated heterocycles. The van der Waals surface area contributed by atoms with Crippen molar-refractivity contribution in [3.05, 3.63) is 16.7 Å². The van der Waals surface area contributed by atoms with E-state index < -0.39 is 24.0 Å². The van der Waals surface area contributed by atoms with Crippen LogP contribution in [0.5, 0.6) is 0 Å². The first kappa shape index (κ1) is 13.0. The van der Waals surface area contributed by atoms with E-state index in [2.05, 4.69) is 15.0 Å². The van der Waals surface area contributed by atoms with Crippen LogP contribution in [-0.2, 0) is 9.47 Å². The fourth-order valence-corrected chi connectivity index (χ4v) is 2.35. The van der Waals surface area contributed by atoms with Crippen LogP contribution in [0.25, 0.3) is 11.2 Å². The first-order chi connectivity index (χ1) is 9.60. The Bertz CT molecular complexity index is 681. The van der Waals surface area contributed by atoms with E-state index in [1.165, 1.54) is 13.4 Å². The van der Waals surface area contributed by atoms with Crippen LogP contribution < -0.4 is 11.3 Å². The van der Waals surface area contributed by atoms with Gasteiger partial charge in [0.05, 0.1) is 19.0 Å². The second kappa shape index (κ2) is 4.85. The van der Waals surface area contributed by atoms with Gasteiger partial charge in [-0.2, -0.15) is 4.98 Å². The molecule has 0 spiro atoms. The molecule has 0 saturated carbocycles. The maximum atomic E-state index is 11.7. The van der Waals surface area contributed by atoms with E-state index in [0.717, 1.165) is 0 Å². The fraction of sp³-hybridized carbons (Fsp3) is 0.545. The van der Waals surface area contributed by atoms with Gasteiger partial charge in [-0.1, -0.05) is 0 Å². The molecule has 0 bridgehead atoms. The van der Waals surface area contributed by atoms with Crippen LogP contribution in [0.2, 0.25) is 0 Å². The van der Waals surface area contributed by atoms with Gasteiger partial charge in [-0.15, -0.1) is 0 Å². The molecule has 2 unspecified atom stereocenters. The topological polar surface area (TPSA) is 128 Å². The number of nitrogens with one attached hydrogen (secondary N) is 1. The van der Waals surface area contributed by atoms with E-state index in [4.69, 9.17) is 15.2 Å². The molecular formula is C11H15N5O4. The Morgan fingerprint density at radius 1 is 1.70 bits per heavy atom. The maximum Gasteiger partial charge on any atom is 0.280 e. The van der Waals surface area contributed by atoms with Crippen molar-refractivity contribution in [3.8, 4) is 0 Å². The molecule has 1 aliphatic heterocycles. The molecule has 1 aliphatic rings. The number of aromatic nitrogens is 4. The Kier molecular flexibility index (Phi) is 3.16. The Morgan fingerprint density at radius 2 is 2.50 bits per heavy atom. The minimum atomic E-state index is -0.642. The molecule has 4 N–H and O–H groups in total. The summed E-state index contributed by atoms with van der Waals surface area (Å²) in [5.41, 5.74) is 5.65. The van der Waals surface area contributed by atoms with Crippen molar-refractivity contribution in [1.82, 2.24) is 19.5 Å². The van der Waals surface area contributed by atoms with E-state index in [1.54, 1.807) is 4.57 Å². The molecule has 9 nitrogen and oxygen atoms in total. The van der Waals surface area contributed by atoms with Crippen molar-refractivity contribution in [2.24, 2.45) is 0 Å². The lowest BCUT2D eigenvalue weighted by atomic mass is 10.2. The number of aliphatic hydroxyl groups is 1. The monoisotopic (exact) mass is 281 g/mol. The third-order valence-corrected chi connectivity index (χ3v) is 3.30. The SMILES string of the molecule is COC[C@H]1OC(n2cnc3c(=O)[nH]c(N)nc32)CC1O. The maximum absolute atomic E-state index is 11.7. The highest BCUT2D eigenvalue weighted by Gasteiger charge is 2.35. The fourth-order valence-electron chi connectivity index (χ4n) is 2.35. The Balaban J connectivity index is 1.98. The highest BCUT2D eigenvalue weighted by atomic mass is 16.6. The van der Waals surface area contributed by atoms with E-state index in [9.17, 15) is 9.90 Å². The summed E-state index contributed by atoms with van der Waals surface area (Å²) in [6.45, 7) is 0.292. The van der Waals surface area contributed by atoms with Crippen LogP contribution in [0.15, 0.2) is 11.1 Å². The number of imidazole rings is 1. The Labute approximate surface area is 113 Å². The molecule has 9 heteroatoms. The largest absolute Gasteiger partial charge is 0.390 e. The van der Waals surface area contributed by atoms with Crippen LogP contribution in [0.3, 0.4) is 0 Å². The van der Waals surface area contributed by atoms with Crippen LogP contribution in [0.4, 0.5) is 5.95 Å². The number of nitrogens with two attached hydrogens (primary N) is 1. The highest BCUT2D eigenvalue weighted by Crippen LogP contribution is 2.30. The third-order valence-electron chi connectivity index (χ3n) is 3.30. The zero-order chi connectivity index (χ0) is 14.3. The molecule has 3 atom stereocenters. The number of hydrogen-bond acceptors (Lipinski definition) is 7. The van der Waals surface area contributed by atoms with Crippen molar-refractivity contribution in [3.63, 3.8) is 0 Å². The number of anilines is 1. The summed E-state index contributed by atoms with van der Waals surface area (Å²) in [6, 6.07) is 0. The van der Waals surface area contributed by atoms with Gasteiger partial charge in [-0.05, 0) is 0 Å². The predicted molar refractivity (Wildman–Crippen MR) is 69.0 cm³/mol. The van der Waals surface area contributed by atoms with Crippen molar-refractivity contribution >= 4 is 17.1 Å². The summed E-state index contributed by atoms with van der Waals surface area (Å²) in [4.78, 5) is 22.2. The normalized spacial score (nSPS) is 26.4. The Morgan fingerprint density at radius 3 is 3.25 bits per heavy atom. The standard InChI is InChI=1S/C11H15N5O4/c1-19-3-6-5(17)2-7(20-6)16-4-13-8-9(16)14-11(12)15-10(8)18/h4-7,17H,2-3H2,1H3,(H3,12,14,15,18)/t5?,6-,7?/m1/s1. The number of rotatable bonds is 3. The minimum Gasteiger partial charge on any atom is -0.390 e. The molecular weight excluding hydrogens is 266 g/mol. The molecule has 3 rings (SSSR count).